The average Bonchev–Trinajstić information content (AvgIpc) is 2.60. The summed E-state index contributed by atoms with van der Waals surface area (Å²) in [5.41, 5.74) is 0.816. The van der Waals surface area contributed by atoms with Crippen molar-refractivity contribution in [2.45, 2.75) is 18.6 Å². The van der Waals surface area contributed by atoms with Crippen LogP contribution >= 0.6 is 11.8 Å². The highest BCUT2D eigenvalue weighted by Crippen LogP contribution is 2.29. The molecule has 0 radical (unpaired) electrons. The van der Waals surface area contributed by atoms with E-state index in [2.05, 4.69) is 11.9 Å². The van der Waals surface area contributed by atoms with Crippen molar-refractivity contribution >= 4 is 34.3 Å². The van der Waals surface area contributed by atoms with Crippen LogP contribution in [0.25, 0.3) is 10.9 Å². The summed E-state index contributed by atoms with van der Waals surface area (Å²) in [6.45, 7) is 3.53. The fourth-order valence-corrected chi connectivity index (χ4v) is 3.99. The quantitative estimate of drug-likeness (QED) is 0.638. The number of fused-ring (bicyclic) bond motifs is 1. The number of carbonyl (C=O) groups is 1. The third-order valence-corrected chi connectivity index (χ3v) is 5.43. The van der Waals surface area contributed by atoms with Gasteiger partial charge in [-0.05, 0) is 24.6 Å². The number of carbonyl (C=O) groups excluding carboxylic acids is 1. The first-order valence-electron chi connectivity index (χ1n) is 7.54. The lowest BCUT2D eigenvalue weighted by Gasteiger charge is -2.32. The predicted octanol–water partition coefficient (Wildman–Crippen LogP) is 3.11. The van der Waals surface area contributed by atoms with E-state index in [-0.39, 0.29) is 11.6 Å². The monoisotopic (exact) mass is 331 g/mol. The molecule has 0 aliphatic carbocycles. The van der Waals surface area contributed by atoms with Gasteiger partial charge in [-0.1, -0.05) is 6.92 Å². The van der Waals surface area contributed by atoms with Crippen molar-refractivity contribution < 1.29 is 9.72 Å². The minimum Gasteiger partial charge on any atom is -0.337 e. The van der Waals surface area contributed by atoms with E-state index in [1.54, 1.807) is 18.3 Å². The Morgan fingerprint density at radius 3 is 3.04 bits per heavy atom. The number of nitro groups is 1. The molecule has 0 bridgehead atoms. The summed E-state index contributed by atoms with van der Waals surface area (Å²) in [6.07, 6.45) is 2.58. The van der Waals surface area contributed by atoms with E-state index in [1.165, 1.54) is 12.1 Å². The average molecular weight is 331 g/mol. The highest BCUT2D eigenvalue weighted by molar-refractivity contribution is 8.00. The zero-order valence-electron chi connectivity index (χ0n) is 12.8. The van der Waals surface area contributed by atoms with E-state index in [1.807, 2.05) is 16.7 Å². The number of amides is 1. The Balaban J connectivity index is 2.01. The fourth-order valence-electron chi connectivity index (χ4n) is 2.81. The van der Waals surface area contributed by atoms with Crippen LogP contribution in [-0.2, 0) is 0 Å². The van der Waals surface area contributed by atoms with Crippen molar-refractivity contribution in [3.63, 3.8) is 0 Å². The van der Waals surface area contributed by atoms with Gasteiger partial charge in [0.05, 0.1) is 21.4 Å². The van der Waals surface area contributed by atoms with Gasteiger partial charge in [0.15, 0.2) is 0 Å². The van der Waals surface area contributed by atoms with Crippen molar-refractivity contribution in [3.8, 4) is 0 Å². The lowest BCUT2D eigenvalue weighted by atomic mass is 10.1. The standard InChI is InChI=1S/C16H17N3O3S/c1-2-11-10-18(8-9-23-11)16(20)13-5-6-14(19(21)22)12-4-3-7-17-15(12)13/h3-7,11H,2,8-10H2,1H3. The summed E-state index contributed by atoms with van der Waals surface area (Å²) >= 11 is 1.89. The maximum absolute atomic E-state index is 12.9. The maximum Gasteiger partial charge on any atom is 0.278 e. The van der Waals surface area contributed by atoms with Gasteiger partial charge in [-0.25, -0.2) is 0 Å². The number of non-ortho nitro benzene ring substituents is 1. The second kappa shape index (κ2) is 6.54. The molecule has 23 heavy (non-hydrogen) atoms. The van der Waals surface area contributed by atoms with Crippen molar-refractivity contribution in [1.82, 2.24) is 9.88 Å². The minimum absolute atomic E-state index is 0.0229. The van der Waals surface area contributed by atoms with Crippen LogP contribution in [0.4, 0.5) is 5.69 Å². The SMILES string of the molecule is CCC1CN(C(=O)c2ccc([N+](=O)[O-])c3cccnc23)CCS1. The summed E-state index contributed by atoms with van der Waals surface area (Å²) in [6, 6.07) is 6.21. The van der Waals surface area contributed by atoms with E-state index in [4.69, 9.17) is 0 Å². The number of aromatic nitrogens is 1. The number of hydrogen-bond donors (Lipinski definition) is 0. The molecule has 120 valence electrons. The van der Waals surface area contributed by atoms with Crippen LogP contribution in [0.15, 0.2) is 30.5 Å². The Labute approximate surface area is 138 Å². The Hall–Kier alpha value is -2.15. The highest BCUT2D eigenvalue weighted by Gasteiger charge is 2.26. The predicted molar refractivity (Wildman–Crippen MR) is 90.8 cm³/mol. The molecular formula is C16H17N3O3S. The smallest absolute Gasteiger partial charge is 0.278 e. The van der Waals surface area contributed by atoms with Crippen molar-refractivity contribution in [2.24, 2.45) is 0 Å². The molecule has 1 amide bonds. The number of pyridine rings is 1. The molecule has 7 heteroatoms. The van der Waals surface area contributed by atoms with Crippen LogP contribution in [-0.4, -0.2) is 44.8 Å². The molecule has 1 saturated heterocycles. The van der Waals surface area contributed by atoms with Gasteiger partial charge in [0, 0.05) is 36.4 Å². The summed E-state index contributed by atoms with van der Waals surface area (Å²) < 4.78 is 0. The van der Waals surface area contributed by atoms with Gasteiger partial charge in [-0.15, -0.1) is 0 Å². The third kappa shape index (κ3) is 3.01. The summed E-state index contributed by atoms with van der Waals surface area (Å²) in [4.78, 5) is 29.6. The summed E-state index contributed by atoms with van der Waals surface area (Å²) in [5.74, 6) is 0.824. The Morgan fingerprint density at radius 2 is 2.30 bits per heavy atom. The molecule has 1 aromatic heterocycles. The number of hydrogen-bond acceptors (Lipinski definition) is 5. The third-order valence-electron chi connectivity index (χ3n) is 4.06. The van der Waals surface area contributed by atoms with Crippen LogP contribution in [0.1, 0.15) is 23.7 Å². The van der Waals surface area contributed by atoms with Gasteiger partial charge < -0.3 is 4.90 Å². The van der Waals surface area contributed by atoms with E-state index in [9.17, 15) is 14.9 Å². The van der Waals surface area contributed by atoms with Gasteiger partial charge in [0.25, 0.3) is 11.6 Å². The number of benzene rings is 1. The van der Waals surface area contributed by atoms with Gasteiger partial charge >= 0.3 is 0 Å². The fraction of sp³-hybridized carbons (Fsp3) is 0.375. The van der Waals surface area contributed by atoms with Crippen molar-refractivity contribution in [3.05, 3.63) is 46.1 Å². The van der Waals surface area contributed by atoms with Gasteiger partial charge in [0.2, 0.25) is 0 Å². The molecule has 1 unspecified atom stereocenters. The molecule has 1 aliphatic rings. The number of thioether (sulfide) groups is 1. The second-order valence-electron chi connectivity index (χ2n) is 5.44. The zero-order valence-corrected chi connectivity index (χ0v) is 13.6. The van der Waals surface area contributed by atoms with E-state index in [0.717, 1.165) is 12.2 Å². The maximum atomic E-state index is 12.9. The van der Waals surface area contributed by atoms with Gasteiger partial charge in [0.1, 0.15) is 0 Å². The van der Waals surface area contributed by atoms with Crippen molar-refractivity contribution in [2.75, 3.05) is 18.8 Å². The van der Waals surface area contributed by atoms with Crippen LogP contribution in [0, 0.1) is 10.1 Å². The normalized spacial score (nSPS) is 18.1. The van der Waals surface area contributed by atoms with E-state index in [0.29, 0.717) is 34.8 Å². The lowest BCUT2D eigenvalue weighted by Crippen LogP contribution is -2.41. The molecule has 1 atom stereocenters. The molecule has 1 aliphatic heterocycles. The molecule has 6 nitrogen and oxygen atoms in total. The largest absolute Gasteiger partial charge is 0.337 e. The first-order valence-corrected chi connectivity index (χ1v) is 8.59. The molecular weight excluding hydrogens is 314 g/mol. The molecule has 1 fully saturated rings. The zero-order chi connectivity index (χ0) is 16.4. The van der Waals surface area contributed by atoms with E-state index < -0.39 is 4.92 Å². The number of rotatable bonds is 3. The molecule has 2 aromatic rings. The molecule has 0 spiro atoms. The van der Waals surface area contributed by atoms with Gasteiger partial charge in [-0.3, -0.25) is 19.9 Å². The molecule has 1 aromatic carbocycles. The molecule has 0 N–H and O–H groups in total. The Kier molecular flexibility index (Phi) is 4.47. The lowest BCUT2D eigenvalue weighted by molar-refractivity contribution is -0.383. The Bertz CT molecular complexity index is 765. The number of nitrogens with zero attached hydrogens (tertiary/aromatic N) is 3. The highest BCUT2D eigenvalue weighted by atomic mass is 32.2. The van der Waals surface area contributed by atoms with Crippen LogP contribution in [0.2, 0.25) is 0 Å². The molecule has 3 rings (SSSR count). The first-order chi connectivity index (χ1) is 11.1. The Morgan fingerprint density at radius 1 is 1.48 bits per heavy atom. The molecule has 2 heterocycles. The van der Waals surface area contributed by atoms with Crippen LogP contribution in [0.3, 0.4) is 0 Å². The van der Waals surface area contributed by atoms with Crippen LogP contribution < -0.4 is 0 Å². The second-order valence-corrected chi connectivity index (χ2v) is 6.85. The topological polar surface area (TPSA) is 76.3 Å². The van der Waals surface area contributed by atoms with E-state index >= 15 is 0 Å². The first kappa shape index (κ1) is 15.7. The van der Waals surface area contributed by atoms with Crippen molar-refractivity contribution in [1.29, 1.82) is 0 Å². The number of nitro benzene ring substituents is 1. The van der Waals surface area contributed by atoms with Gasteiger partial charge in [-0.2, -0.15) is 11.8 Å². The summed E-state index contributed by atoms with van der Waals surface area (Å²) in [7, 11) is 0. The molecule has 0 saturated carbocycles. The van der Waals surface area contributed by atoms with Crippen LogP contribution in [0.5, 0.6) is 0 Å². The minimum atomic E-state index is -0.442. The summed E-state index contributed by atoms with van der Waals surface area (Å²) in [5, 5.41) is 12.0.